The highest BCUT2D eigenvalue weighted by Crippen LogP contribution is 2.19. The van der Waals surface area contributed by atoms with Gasteiger partial charge in [0.05, 0.1) is 0 Å². The van der Waals surface area contributed by atoms with E-state index in [2.05, 4.69) is 4.90 Å². The molecule has 0 bridgehead atoms. The molecule has 3 rings (SSSR count). The summed E-state index contributed by atoms with van der Waals surface area (Å²) >= 11 is 0. The standard InChI is InChI=1S/C20H24FNO3/c1-15-3-2-4-19(11-15)24-14-17(23)12-22-10-9-20(13-22)25-18-7-5-16(21)6-8-18/h2-8,11,17,20,23H,9-10,12-14H2,1H3. The number of rotatable bonds is 7. The van der Waals surface area contributed by atoms with Crippen molar-refractivity contribution in [2.24, 2.45) is 0 Å². The van der Waals surface area contributed by atoms with Crippen molar-refractivity contribution in [3.63, 3.8) is 0 Å². The Bertz CT molecular complexity index is 677. The van der Waals surface area contributed by atoms with Gasteiger partial charge >= 0.3 is 0 Å². The van der Waals surface area contributed by atoms with Crippen LogP contribution in [0.25, 0.3) is 0 Å². The van der Waals surface area contributed by atoms with Crippen LogP contribution >= 0.6 is 0 Å². The third-order valence-corrected chi connectivity index (χ3v) is 4.25. The molecule has 1 aliphatic heterocycles. The van der Waals surface area contributed by atoms with Gasteiger partial charge in [0.15, 0.2) is 0 Å². The van der Waals surface area contributed by atoms with Crippen LogP contribution in [0.1, 0.15) is 12.0 Å². The number of β-amino-alcohol motifs (C(OH)–C–C–N with tert-alkyl or cyclic N) is 1. The predicted molar refractivity (Wildman–Crippen MR) is 94.6 cm³/mol. The van der Waals surface area contributed by atoms with Gasteiger partial charge in [-0.2, -0.15) is 0 Å². The van der Waals surface area contributed by atoms with Crippen molar-refractivity contribution in [1.82, 2.24) is 4.90 Å². The molecule has 2 unspecified atom stereocenters. The lowest BCUT2D eigenvalue weighted by Crippen LogP contribution is -2.35. The number of ether oxygens (including phenoxy) is 2. The van der Waals surface area contributed by atoms with E-state index in [9.17, 15) is 9.50 Å². The van der Waals surface area contributed by atoms with Gasteiger partial charge in [0, 0.05) is 19.6 Å². The van der Waals surface area contributed by atoms with Crippen molar-refractivity contribution < 1.29 is 19.0 Å². The molecule has 0 spiro atoms. The topological polar surface area (TPSA) is 41.9 Å². The Kier molecular flexibility index (Phi) is 5.89. The summed E-state index contributed by atoms with van der Waals surface area (Å²) in [5, 5.41) is 10.2. The molecule has 1 saturated heterocycles. The number of benzene rings is 2. The van der Waals surface area contributed by atoms with Gasteiger partial charge in [0.25, 0.3) is 0 Å². The summed E-state index contributed by atoms with van der Waals surface area (Å²) in [6.07, 6.45) is 0.406. The van der Waals surface area contributed by atoms with Gasteiger partial charge in [-0.1, -0.05) is 12.1 Å². The van der Waals surface area contributed by atoms with E-state index in [4.69, 9.17) is 9.47 Å². The van der Waals surface area contributed by atoms with Gasteiger partial charge in [-0.15, -0.1) is 0 Å². The first-order valence-corrected chi connectivity index (χ1v) is 8.60. The fourth-order valence-corrected chi connectivity index (χ4v) is 3.01. The molecule has 1 fully saturated rings. The molecule has 25 heavy (non-hydrogen) atoms. The molecule has 4 nitrogen and oxygen atoms in total. The molecular formula is C20H24FNO3. The average Bonchev–Trinajstić information content (AvgIpc) is 3.02. The zero-order valence-electron chi connectivity index (χ0n) is 14.4. The molecule has 1 heterocycles. The van der Waals surface area contributed by atoms with Crippen LogP contribution in [-0.4, -0.2) is 48.5 Å². The molecule has 0 saturated carbocycles. The summed E-state index contributed by atoms with van der Waals surface area (Å²) < 4.78 is 24.4. The molecule has 0 aliphatic carbocycles. The van der Waals surface area contributed by atoms with E-state index in [0.717, 1.165) is 30.8 Å². The lowest BCUT2D eigenvalue weighted by molar-refractivity contribution is 0.0720. The molecule has 2 aromatic rings. The number of hydrogen-bond donors (Lipinski definition) is 1. The summed E-state index contributed by atoms with van der Waals surface area (Å²) in [6.45, 7) is 4.44. The van der Waals surface area contributed by atoms with Crippen LogP contribution in [0.3, 0.4) is 0 Å². The Labute approximate surface area is 147 Å². The van der Waals surface area contributed by atoms with Crippen molar-refractivity contribution in [2.45, 2.75) is 25.6 Å². The van der Waals surface area contributed by atoms with Gasteiger partial charge in [-0.3, -0.25) is 4.90 Å². The van der Waals surface area contributed by atoms with E-state index in [1.807, 2.05) is 31.2 Å². The maximum absolute atomic E-state index is 12.9. The minimum atomic E-state index is -0.551. The van der Waals surface area contributed by atoms with Crippen LogP contribution < -0.4 is 9.47 Å². The van der Waals surface area contributed by atoms with E-state index in [1.54, 1.807) is 12.1 Å². The van der Waals surface area contributed by atoms with E-state index in [-0.39, 0.29) is 18.5 Å². The monoisotopic (exact) mass is 345 g/mol. The van der Waals surface area contributed by atoms with Crippen LogP contribution in [0.15, 0.2) is 48.5 Å². The molecule has 0 aromatic heterocycles. The number of aliphatic hydroxyl groups excluding tert-OH is 1. The molecule has 5 heteroatoms. The normalized spacial score (nSPS) is 18.9. The Balaban J connectivity index is 1.40. The van der Waals surface area contributed by atoms with Gasteiger partial charge in [0.2, 0.25) is 0 Å². The van der Waals surface area contributed by atoms with Gasteiger partial charge in [0.1, 0.15) is 36.1 Å². The van der Waals surface area contributed by atoms with Gasteiger partial charge < -0.3 is 14.6 Å². The number of likely N-dealkylation sites (tertiary alicyclic amines) is 1. The predicted octanol–water partition coefficient (Wildman–Crippen LogP) is 3.03. The summed E-state index contributed by atoms with van der Waals surface area (Å²) in [5.41, 5.74) is 1.13. The molecule has 1 N–H and O–H groups in total. The lowest BCUT2D eigenvalue weighted by Gasteiger charge is -2.20. The van der Waals surface area contributed by atoms with E-state index in [0.29, 0.717) is 12.3 Å². The van der Waals surface area contributed by atoms with Crippen molar-refractivity contribution in [2.75, 3.05) is 26.2 Å². The number of nitrogens with zero attached hydrogens (tertiary/aromatic N) is 1. The highest BCUT2D eigenvalue weighted by Gasteiger charge is 2.25. The summed E-state index contributed by atoms with van der Waals surface area (Å²) in [6, 6.07) is 13.9. The number of aliphatic hydroxyl groups is 1. The number of aryl methyl sites for hydroxylation is 1. The van der Waals surface area contributed by atoms with Gasteiger partial charge in [-0.25, -0.2) is 4.39 Å². The van der Waals surface area contributed by atoms with E-state index >= 15 is 0 Å². The van der Waals surface area contributed by atoms with Crippen LogP contribution in [0.2, 0.25) is 0 Å². The zero-order valence-corrected chi connectivity index (χ0v) is 14.4. The number of hydrogen-bond acceptors (Lipinski definition) is 4. The Hall–Kier alpha value is -2.11. The SMILES string of the molecule is Cc1cccc(OCC(O)CN2CCC(Oc3ccc(F)cc3)C2)c1. The Morgan fingerprint density at radius 2 is 2.00 bits per heavy atom. The molecule has 134 valence electrons. The largest absolute Gasteiger partial charge is 0.491 e. The quantitative estimate of drug-likeness (QED) is 0.838. The van der Waals surface area contributed by atoms with Crippen molar-refractivity contribution >= 4 is 0 Å². The smallest absolute Gasteiger partial charge is 0.123 e. The van der Waals surface area contributed by atoms with Crippen molar-refractivity contribution in [3.8, 4) is 11.5 Å². The van der Waals surface area contributed by atoms with Crippen LogP contribution in [-0.2, 0) is 0 Å². The molecule has 2 atom stereocenters. The molecule has 0 amide bonds. The summed E-state index contributed by atoms with van der Waals surface area (Å²) in [5.74, 6) is 1.19. The van der Waals surface area contributed by atoms with Gasteiger partial charge in [-0.05, 0) is 55.3 Å². The lowest BCUT2D eigenvalue weighted by atomic mass is 10.2. The van der Waals surface area contributed by atoms with Crippen LogP contribution in [0.4, 0.5) is 4.39 Å². The molecular weight excluding hydrogens is 321 g/mol. The highest BCUT2D eigenvalue weighted by molar-refractivity contribution is 5.27. The zero-order chi connectivity index (χ0) is 17.6. The van der Waals surface area contributed by atoms with Crippen molar-refractivity contribution in [3.05, 3.63) is 59.9 Å². The first-order valence-electron chi connectivity index (χ1n) is 8.60. The van der Waals surface area contributed by atoms with Crippen LogP contribution in [0.5, 0.6) is 11.5 Å². The van der Waals surface area contributed by atoms with E-state index < -0.39 is 6.10 Å². The summed E-state index contributed by atoms with van der Waals surface area (Å²) in [4.78, 5) is 2.17. The van der Waals surface area contributed by atoms with Crippen LogP contribution in [0, 0.1) is 12.7 Å². The fourth-order valence-electron chi connectivity index (χ4n) is 3.01. The maximum atomic E-state index is 12.9. The fraction of sp³-hybridized carbons (Fsp3) is 0.400. The third-order valence-electron chi connectivity index (χ3n) is 4.25. The highest BCUT2D eigenvalue weighted by atomic mass is 19.1. The Morgan fingerprint density at radius 1 is 1.20 bits per heavy atom. The molecule has 2 aromatic carbocycles. The third kappa shape index (κ3) is 5.44. The minimum absolute atomic E-state index is 0.0651. The summed E-state index contributed by atoms with van der Waals surface area (Å²) in [7, 11) is 0. The molecule has 1 aliphatic rings. The second-order valence-electron chi connectivity index (χ2n) is 6.52. The molecule has 0 radical (unpaired) electrons. The maximum Gasteiger partial charge on any atom is 0.123 e. The number of halogens is 1. The van der Waals surface area contributed by atoms with E-state index in [1.165, 1.54) is 12.1 Å². The average molecular weight is 345 g/mol. The second kappa shape index (κ2) is 8.32. The Morgan fingerprint density at radius 3 is 2.76 bits per heavy atom. The van der Waals surface area contributed by atoms with Crippen molar-refractivity contribution in [1.29, 1.82) is 0 Å². The second-order valence-corrected chi connectivity index (χ2v) is 6.52. The first-order chi connectivity index (χ1) is 12.1. The first kappa shape index (κ1) is 17.7. The minimum Gasteiger partial charge on any atom is -0.491 e.